The average molecular weight is 330 g/mol. The fourth-order valence-corrected chi connectivity index (χ4v) is 4.46. The molecule has 5 nitrogen and oxygen atoms in total. The minimum Gasteiger partial charge on any atom is -0.352 e. The van der Waals surface area contributed by atoms with Gasteiger partial charge in [-0.3, -0.25) is 9.10 Å². The summed E-state index contributed by atoms with van der Waals surface area (Å²) in [5.41, 5.74) is 3.31. The van der Waals surface area contributed by atoms with E-state index in [0.29, 0.717) is 23.4 Å². The molecule has 1 heterocycles. The van der Waals surface area contributed by atoms with E-state index < -0.39 is 10.0 Å². The molecule has 0 unspecified atom stereocenters. The normalized spacial score (nSPS) is 14.8. The highest BCUT2D eigenvalue weighted by Gasteiger charge is 2.33. The zero-order chi connectivity index (χ0) is 16.8. The van der Waals surface area contributed by atoms with Gasteiger partial charge in [-0.05, 0) is 37.6 Å². The number of sulfonamides is 1. The molecule has 0 saturated carbocycles. The topological polar surface area (TPSA) is 66.5 Å². The zero-order valence-corrected chi connectivity index (χ0v) is 14.1. The van der Waals surface area contributed by atoms with Crippen LogP contribution in [0.25, 0.3) is 11.1 Å². The van der Waals surface area contributed by atoms with Gasteiger partial charge in [0.15, 0.2) is 0 Å². The first-order valence-electron chi connectivity index (χ1n) is 7.39. The van der Waals surface area contributed by atoms with E-state index in [1.165, 1.54) is 4.31 Å². The lowest BCUT2D eigenvalue weighted by molar-refractivity contribution is 0.0956. The first-order chi connectivity index (χ1) is 10.9. The fraction of sp³-hybridized carbons (Fsp3) is 0.235. The molecule has 1 N–H and O–H groups in total. The number of benzene rings is 2. The number of nitrogens with one attached hydrogen (secondary N) is 1. The van der Waals surface area contributed by atoms with Gasteiger partial charge in [0.2, 0.25) is 0 Å². The molecule has 0 aromatic heterocycles. The number of nitrogens with zero attached hydrogens (tertiary/aromatic N) is 1. The molecular weight excluding hydrogens is 312 g/mol. The van der Waals surface area contributed by atoms with Gasteiger partial charge < -0.3 is 5.32 Å². The lowest BCUT2D eigenvalue weighted by Crippen LogP contribution is -2.31. The molecule has 120 valence electrons. The van der Waals surface area contributed by atoms with Crippen molar-refractivity contribution in [2.45, 2.75) is 18.7 Å². The van der Waals surface area contributed by atoms with Gasteiger partial charge >= 0.3 is 0 Å². The highest BCUT2D eigenvalue weighted by Crippen LogP contribution is 2.44. The van der Waals surface area contributed by atoms with Crippen molar-refractivity contribution in [1.29, 1.82) is 0 Å². The van der Waals surface area contributed by atoms with Crippen LogP contribution in [0, 0.1) is 6.92 Å². The Morgan fingerprint density at radius 3 is 2.57 bits per heavy atom. The summed E-state index contributed by atoms with van der Waals surface area (Å²) in [6.07, 6.45) is 0. The van der Waals surface area contributed by atoms with Crippen LogP contribution in [0.15, 0.2) is 41.3 Å². The number of hydrogen-bond acceptors (Lipinski definition) is 3. The Bertz CT molecular complexity index is 904. The van der Waals surface area contributed by atoms with Gasteiger partial charge in [0, 0.05) is 30.3 Å². The van der Waals surface area contributed by atoms with Crippen LogP contribution in [-0.2, 0) is 10.0 Å². The van der Waals surface area contributed by atoms with Gasteiger partial charge in [0.05, 0.1) is 10.6 Å². The maximum Gasteiger partial charge on any atom is 0.264 e. The van der Waals surface area contributed by atoms with Crippen LogP contribution >= 0.6 is 0 Å². The number of anilines is 1. The summed E-state index contributed by atoms with van der Waals surface area (Å²) in [5, 5.41) is 2.78. The molecule has 0 bridgehead atoms. The highest BCUT2D eigenvalue weighted by atomic mass is 32.2. The first kappa shape index (κ1) is 15.6. The average Bonchev–Trinajstić information content (AvgIpc) is 2.52. The monoisotopic (exact) mass is 330 g/mol. The third-order valence-corrected chi connectivity index (χ3v) is 5.85. The van der Waals surface area contributed by atoms with Crippen molar-refractivity contribution in [2.75, 3.05) is 17.9 Å². The lowest BCUT2D eigenvalue weighted by Gasteiger charge is -2.31. The predicted octanol–water partition coefficient (Wildman–Crippen LogP) is 2.55. The Hall–Kier alpha value is -2.34. The molecule has 1 amide bonds. The van der Waals surface area contributed by atoms with E-state index >= 15 is 0 Å². The van der Waals surface area contributed by atoms with Crippen LogP contribution in [0.2, 0.25) is 0 Å². The minimum absolute atomic E-state index is 0.160. The fourth-order valence-electron chi connectivity index (χ4n) is 2.98. The molecule has 3 rings (SSSR count). The van der Waals surface area contributed by atoms with Crippen molar-refractivity contribution >= 4 is 21.6 Å². The van der Waals surface area contributed by atoms with E-state index in [-0.39, 0.29) is 10.8 Å². The summed E-state index contributed by atoms with van der Waals surface area (Å²) < 4.78 is 26.7. The largest absolute Gasteiger partial charge is 0.352 e. The van der Waals surface area contributed by atoms with Crippen molar-refractivity contribution in [3.05, 3.63) is 47.5 Å². The molecule has 0 saturated heterocycles. The minimum atomic E-state index is -3.57. The quantitative estimate of drug-likeness (QED) is 0.920. The Kier molecular flexibility index (Phi) is 3.64. The van der Waals surface area contributed by atoms with Crippen molar-refractivity contribution < 1.29 is 13.2 Å². The third-order valence-electron chi connectivity index (χ3n) is 4.03. The van der Waals surface area contributed by atoms with Crippen molar-refractivity contribution in [1.82, 2.24) is 5.32 Å². The number of rotatable bonds is 2. The zero-order valence-electron chi connectivity index (χ0n) is 13.3. The van der Waals surface area contributed by atoms with Crippen molar-refractivity contribution in [3.8, 4) is 11.1 Å². The molecule has 0 fully saturated rings. The number of carbonyl (C=O) groups excluding carboxylic acids is 1. The SMILES string of the molecule is CCNC(=O)c1cc(C)c2c(c1)-c1ccccc1S(=O)(=O)N2C. The van der Waals surface area contributed by atoms with E-state index in [2.05, 4.69) is 5.32 Å². The van der Waals surface area contributed by atoms with E-state index in [1.807, 2.05) is 13.8 Å². The van der Waals surface area contributed by atoms with Crippen LogP contribution in [0.1, 0.15) is 22.8 Å². The summed E-state index contributed by atoms with van der Waals surface area (Å²) in [4.78, 5) is 12.4. The summed E-state index contributed by atoms with van der Waals surface area (Å²) >= 11 is 0. The Morgan fingerprint density at radius 1 is 1.17 bits per heavy atom. The van der Waals surface area contributed by atoms with Gasteiger partial charge in [-0.1, -0.05) is 18.2 Å². The van der Waals surface area contributed by atoms with Gasteiger partial charge in [0.25, 0.3) is 15.9 Å². The van der Waals surface area contributed by atoms with Gasteiger partial charge in [-0.25, -0.2) is 8.42 Å². The highest BCUT2D eigenvalue weighted by molar-refractivity contribution is 7.93. The van der Waals surface area contributed by atoms with Crippen LogP contribution < -0.4 is 9.62 Å². The van der Waals surface area contributed by atoms with Gasteiger partial charge in [0.1, 0.15) is 0 Å². The second-order valence-corrected chi connectivity index (χ2v) is 7.46. The molecule has 6 heteroatoms. The molecule has 2 aromatic rings. The number of fused-ring (bicyclic) bond motifs is 3. The van der Waals surface area contributed by atoms with E-state index in [0.717, 1.165) is 11.1 Å². The Balaban J connectivity index is 2.32. The standard InChI is InChI=1S/C17H18N2O3S/c1-4-18-17(20)12-9-11(2)16-14(10-12)13-7-5-6-8-15(13)23(21,22)19(16)3/h5-10H,4H2,1-3H3,(H,18,20). The van der Waals surface area contributed by atoms with Crippen LogP contribution in [0.4, 0.5) is 5.69 Å². The van der Waals surface area contributed by atoms with Gasteiger partial charge in [-0.2, -0.15) is 0 Å². The Labute approximate surface area is 136 Å². The maximum atomic E-state index is 12.7. The number of aryl methyl sites for hydroxylation is 1. The summed E-state index contributed by atoms with van der Waals surface area (Å²) in [5.74, 6) is -0.160. The van der Waals surface area contributed by atoms with E-state index in [1.54, 1.807) is 43.4 Å². The maximum absolute atomic E-state index is 12.7. The number of carbonyl (C=O) groups is 1. The molecule has 0 aliphatic carbocycles. The van der Waals surface area contributed by atoms with Crippen LogP contribution in [0.5, 0.6) is 0 Å². The van der Waals surface area contributed by atoms with Crippen molar-refractivity contribution in [2.24, 2.45) is 0 Å². The predicted molar refractivity (Wildman–Crippen MR) is 90.2 cm³/mol. The van der Waals surface area contributed by atoms with Crippen LogP contribution in [-0.4, -0.2) is 27.9 Å². The van der Waals surface area contributed by atoms with E-state index in [4.69, 9.17) is 0 Å². The molecule has 0 atom stereocenters. The number of hydrogen-bond donors (Lipinski definition) is 1. The van der Waals surface area contributed by atoms with E-state index in [9.17, 15) is 13.2 Å². The van der Waals surface area contributed by atoms with Crippen molar-refractivity contribution in [3.63, 3.8) is 0 Å². The summed E-state index contributed by atoms with van der Waals surface area (Å²) in [7, 11) is -2.02. The lowest BCUT2D eigenvalue weighted by atomic mass is 9.96. The molecule has 0 radical (unpaired) electrons. The second-order valence-electron chi connectivity index (χ2n) is 5.52. The molecule has 0 spiro atoms. The first-order valence-corrected chi connectivity index (χ1v) is 8.83. The number of amides is 1. The third kappa shape index (κ3) is 2.30. The second kappa shape index (κ2) is 5.38. The summed E-state index contributed by atoms with van der Waals surface area (Å²) in [6, 6.07) is 10.4. The molecule has 1 aliphatic rings. The molecule has 1 aliphatic heterocycles. The smallest absolute Gasteiger partial charge is 0.264 e. The summed E-state index contributed by atoms with van der Waals surface area (Å²) in [6.45, 7) is 4.22. The molecule has 2 aromatic carbocycles. The Morgan fingerprint density at radius 2 is 1.87 bits per heavy atom. The molecular formula is C17H18N2O3S. The van der Waals surface area contributed by atoms with Crippen LogP contribution in [0.3, 0.4) is 0 Å². The molecule has 23 heavy (non-hydrogen) atoms. The van der Waals surface area contributed by atoms with Gasteiger partial charge in [-0.15, -0.1) is 0 Å².